The predicted octanol–water partition coefficient (Wildman–Crippen LogP) is -0.610. The molecule has 2 nitrogen and oxygen atoms in total. The van der Waals surface area contributed by atoms with Crippen LogP contribution in [0.3, 0.4) is 0 Å². The Hall–Kier alpha value is 0.425. The van der Waals surface area contributed by atoms with Crippen LogP contribution in [0, 0.1) is 5.82 Å². The standard InChI is InChI=1S/C11H12FNO.Rb/c1-7-10-3-2-9(12)6-8(10)4-5-13-11(7)14;/h2-3,6-7H,4-5H2,1H3,(H,13,14);/q;+1/p-1. The van der Waals surface area contributed by atoms with Crippen LogP contribution in [0.4, 0.5) is 4.39 Å². The quantitative estimate of drug-likeness (QED) is 0.622. The summed E-state index contributed by atoms with van der Waals surface area (Å²) < 4.78 is 12.9. The van der Waals surface area contributed by atoms with E-state index in [9.17, 15) is 9.18 Å². The fraction of sp³-hybridized carbons (Fsp3) is 0.364. The number of hydrogen-bond donors (Lipinski definition) is 0. The summed E-state index contributed by atoms with van der Waals surface area (Å²) in [4.78, 5) is 11.4. The molecule has 1 aliphatic heterocycles. The summed E-state index contributed by atoms with van der Waals surface area (Å²) in [5.41, 5.74) is 1.82. The minimum atomic E-state index is -0.245. The molecule has 0 saturated carbocycles. The Morgan fingerprint density at radius 3 is 2.93 bits per heavy atom. The van der Waals surface area contributed by atoms with Gasteiger partial charge in [0.15, 0.2) is 0 Å². The summed E-state index contributed by atoms with van der Waals surface area (Å²) in [6.45, 7) is 2.29. The summed E-state index contributed by atoms with van der Waals surface area (Å²) in [5.74, 6) is -0.575. The molecule has 0 radical (unpaired) electrons. The van der Waals surface area contributed by atoms with Crippen molar-refractivity contribution in [2.45, 2.75) is 19.3 Å². The Balaban J connectivity index is 0.00000112. The van der Waals surface area contributed by atoms with Gasteiger partial charge in [0.25, 0.3) is 0 Å². The first-order valence-corrected chi connectivity index (χ1v) is 4.68. The first-order chi connectivity index (χ1) is 6.68. The van der Waals surface area contributed by atoms with Gasteiger partial charge in [-0.3, -0.25) is 0 Å². The molecule has 1 aromatic rings. The predicted molar refractivity (Wildman–Crippen MR) is 51.8 cm³/mol. The van der Waals surface area contributed by atoms with Crippen LogP contribution in [0.1, 0.15) is 24.0 Å². The SMILES string of the molecule is CC1C(=O)[N-]CCc2cc(F)ccc21.[Rb+]. The molecule has 1 heterocycles. The van der Waals surface area contributed by atoms with Crippen LogP contribution in [0.25, 0.3) is 5.32 Å². The van der Waals surface area contributed by atoms with Crippen molar-refractivity contribution in [3.8, 4) is 0 Å². The number of amides is 1. The van der Waals surface area contributed by atoms with Crippen LogP contribution in [0.15, 0.2) is 18.2 Å². The van der Waals surface area contributed by atoms with Crippen LogP contribution in [0.2, 0.25) is 0 Å². The van der Waals surface area contributed by atoms with Gasteiger partial charge in [-0.15, -0.1) is 6.54 Å². The maximum atomic E-state index is 12.9. The third-order valence-electron chi connectivity index (χ3n) is 2.59. The minimum absolute atomic E-state index is 0. The first kappa shape index (κ1) is 13.5. The Kier molecular flexibility index (Phi) is 5.09. The molecule has 0 bridgehead atoms. The van der Waals surface area contributed by atoms with E-state index in [1.54, 1.807) is 6.07 Å². The monoisotopic (exact) mass is 277 g/mol. The van der Waals surface area contributed by atoms with Crippen LogP contribution >= 0.6 is 0 Å². The maximum absolute atomic E-state index is 12.9. The Bertz CT molecular complexity index is 381. The van der Waals surface area contributed by atoms with Gasteiger partial charge >= 0.3 is 58.2 Å². The van der Waals surface area contributed by atoms with E-state index in [1.165, 1.54) is 12.1 Å². The van der Waals surface area contributed by atoms with E-state index in [0.717, 1.165) is 11.1 Å². The molecule has 0 spiro atoms. The van der Waals surface area contributed by atoms with Gasteiger partial charge in [-0.25, -0.2) is 4.39 Å². The minimum Gasteiger partial charge on any atom is -0.653 e. The van der Waals surface area contributed by atoms with Crippen LogP contribution in [-0.4, -0.2) is 12.5 Å². The third-order valence-corrected chi connectivity index (χ3v) is 2.59. The fourth-order valence-electron chi connectivity index (χ4n) is 1.77. The smallest absolute Gasteiger partial charge is 0.653 e. The Morgan fingerprint density at radius 2 is 2.20 bits per heavy atom. The molecule has 74 valence electrons. The largest absolute Gasteiger partial charge is 1.00 e. The number of rotatable bonds is 0. The second kappa shape index (κ2) is 5.66. The molecule has 1 amide bonds. The molecule has 1 aromatic carbocycles. The molecule has 15 heavy (non-hydrogen) atoms. The molecule has 0 N–H and O–H groups in total. The van der Waals surface area contributed by atoms with E-state index in [2.05, 4.69) is 5.32 Å². The number of halogens is 1. The Morgan fingerprint density at radius 1 is 1.47 bits per heavy atom. The van der Waals surface area contributed by atoms with E-state index >= 15 is 0 Å². The van der Waals surface area contributed by atoms with Gasteiger partial charge in [-0.05, 0) is 29.7 Å². The summed E-state index contributed by atoms with van der Waals surface area (Å²) in [7, 11) is 0. The van der Waals surface area contributed by atoms with Gasteiger partial charge in [-0.1, -0.05) is 13.0 Å². The normalized spacial score (nSPS) is 19.6. The third kappa shape index (κ3) is 2.96. The zero-order chi connectivity index (χ0) is 10.1. The van der Waals surface area contributed by atoms with Crippen molar-refractivity contribution in [3.05, 3.63) is 40.5 Å². The second-order valence-electron chi connectivity index (χ2n) is 3.53. The maximum Gasteiger partial charge on any atom is 1.00 e. The van der Waals surface area contributed by atoms with Crippen molar-refractivity contribution >= 4 is 5.91 Å². The molecule has 2 rings (SSSR count). The Labute approximate surface area is 137 Å². The molecule has 1 unspecified atom stereocenters. The molecule has 0 aromatic heterocycles. The van der Waals surface area contributed by atoms with E-state index < -0.39 is 0 Å². The van der Waals surface area contributed by atoms with Crippen LogP contribution in [-0.2, 0) is 11.2 Å². The van der Waals surface area contributed by atoms with Crippen LogP contribution in [0.5, 0.6) is 0 Å². The zero-order valence-corrected chi connectivity index (χ0v) is 13.9. The van der Waals surface area contributed by atoms with E-state index in [4.69, 9.17) is 0 Å². The zero-order valence-electron chi connectivity index (χ0n) is 8.96. The first-order valence-electron chi connectivity index (χ1n) is 4.68. The van der Waals surface area contributed by atoms with Gasteiger partial charge in [0.2, 0.25) is 0 Å². The van der Waals surface area contributed by atoms with Crippen molar-refractivity contribution < 1.29 is 67.4 Å². The molecule has 4 heteroatoms. The number of carbonyl (C=O) groups excluding carboxylic acids is 1. The molecule has 1 atom stereocenters. The number of carbonyl (C=O) groups is 1. The van der Waals surface area contributed by atoms with Crippen molar-refractivity contribution in [1.29, 1.82) is 0 Å². The molecular formula is C11H11FNORb. The van der Waals surface area contributed by atoms with Gasteiger partial charge in [0, 0.05) is 5.92 Å². The molecule has 0 aliphatic carbocycles. The fourth-order valence-corrected chi connectivity index (χ4v) is 1.77. The average Bonchev–Trinajstić information content (AvgIpc) is 2.28. The van der Waals surface area contributed by atoms with Crippen LogP contribution < -0.4 is 58.2 Å². The van der Waals surface area contributed by atoms with Gasteiger partial charge in [-0.2, -0.15) is 0 Å². The van der Waals surface area contributed by atoms with Gasteiger partial charge in [0.1, 0.15) is 5.82 Å². The molecule has 1 aliphatic rings. The number of hydrogen-bond acceptors (Lipinski definition) is 1. The summed E-state index contributed by atoms with van der Waals surface area (Å²) in [5, 5.41) is 3.89. The second-order valence-corrected chi connectivity index (χ2v) is 3.53. The molecular weight excluding hydrogens is 267 g/mol. The van der Waals surface area contributed by atoms with Gasteiger partial charge in [0.05, 0.1) is 5.91 Å². The summed E-state index contributed by atoms with van der Waals surface area (Å²) in [6, 6.07) is 4.59. The van der Waals surface area contributed by atoms with Gasteiger partial charge < -0.3 is 10.1 Å². The summed E-state index contributed by atoms with van der Waals surface area (Å²) >= 11 is 0. The van der Waals surface area contributed by atoms with Crippen molar-refractivity contribution in [2.75, 3.05) is 6.54 Å². The van der Waals surface area contributed by atoms with E-state index in [1.807, 2.05) is 6.92 Å². The topological polar surface area (TPSA) is 31.2 Å². The molecule has 0 fully saturated rings. The number of benzene rings is 1. The van der Waals surface area contributed by atoms with E-state index in [0.29, 0.717) is 13.0 Å². The number of fused-ring (bicyclic) bond motifs is 1. The average molecular weight is 278 g/mol. The number of nitrogens with zero attached hydrogens (tertiary/aromatic N) is 1. The molecule has 0 saturated heterocycles. The summed E-state index contributed by atoms with van der Waals surface area (Å²) in [6.07, 6.45) is 0.656. The van der Waals surface area contributed by atoms with Crippen molar-refractivity contribution in [1.82, 2.24) is 0 Å². The van der Waals surface area contributed by atoms with E-state index in [-0.39, 0.29) is 75.8 Å². The van der Waals surface area contributed by atoms with Crippen molar-refractivity contribution in [2.24, 2.45) is 0 Å². The van der Waals surface area contributed by atoms with Crippen molar-refractivity contribution in [3.63, 3.8) is 0 Å².